The van der Waals surface area contributed by atoms with Crippen LogP contribution in [0.5, 0.6) is 0 Å². The van der Waals surface area contributed by atoms with E-state index in [1.165, 1.54) is 32.1 Å². The van der Waals surface area contributed by atoms with Crippen LogP contribution in [-0.2, 0) is 4.79 Å². The summed E-state index contributed by atoms with van der Waals surface area (Å²) < 4.78 is 0. The molecule has 0 radical (unpaired) electrons. The van der Waals surface area contributed by atoms with Crippen molar-refractivity contribution in [2.45, 2.75) is 84.0 Å². The van der Waals surface area contributed by atoms with Gasteiger partial charge in [0, 0.05) is 6.42 Å². The lowest BCUT2D eigenvalue weighted by Gasteiger charge is -1.96. The summed E-state index contributed by atoms with van der Waals surface area (Å²) in [5.41, 5.74) is 0. The van der Waals surface area contributed by atoms with Crippen molar-refractivity contribution in [3.8, 4) is 0 Å². The first-order valence-electron chi connectivity index (χ1n) is 8.94. The second-order valence-corrected chi connectivity index (χ2v) is 5.73. The standard InChI is InChI=1S/C20H34O2/c1-2-3-4-5-6-7-8-9-10-11-12-13-14-15-16-17-18-19-20(21)22/h6-7,9-10,12-13H,2-5,8,11,14-19H2,1H3,(H,21,22)/b7-6-,10-9-,13-12?. The van der Waals surface area contributed by atoms with Crippen molar-refractivity contribution in [2.75, 3.05) is 0 Å². The van der Waals surface area contributed by atoms with E-state index in [0.717, 1.165) is 38.5 Å². The molecule has 0 spiro atoms. The topological polar surface area (TPSA) is 37.3 Å². The molecule has 0 aromatic rings. The Morgan fingerprint density at radius 2 is 1.23 bits per heavy atom. The Balaban J connectivity index is 3.29. The lowest BCUT2D eigenvalue weighted by Crippen LogP contribution is -1.93. The van der Waals surface area contributed by atoms with Crippen molar-refractivity contribution >= 4 is 5.97 Å². The van der Waals surface area contributed by atoms with Crippen molar-refractivity contribution < 1.29 is 9.90 Å². The molecule has 0 saturated carbocycles. The fraction of sp³-hybridized carbons (Fsp3) is 0.650. The number of carboxylic acid groups (broad SMARTS) is 1. The van der Waals surface area contributed by atoms with Gasteiger partial charge in [-0.15, -0.1) is 0 Å². The smallest absolute Gasteiger partial charge is 0.303 e. The van der Waals surface area contributed by atoms with E-state index in [-0.39, 0.29) is 0 Å². The SMILES string of the molecule is CCCCC/C=C\C/C=C\CC=CCCCCCCC(=O)O. The molecule has 0 unspecified atom stereocenters. The van der Waals surface area contributed by atoms with E-state index < -0.39 is 5.97 Å². The summed E-state index contributed by atoms with van der Waals surface area (Å²) in [5, 5.41) is 8.52. The number of carboxylic acids is 1. The van der Waals surface area contributed by atoms with E-state index in [9.17, 15) is 4.79 Å². The molecular weight excluding hydrogens is 272 g/mol. The van der Waals surface area contributed by atoms with E-state index >= 15 is 0 Å². The van der Waals surface area contributed by atoms with Crippen LogP contribution in [0.15, 0.2) is 36.5 Å². The van der Waals surface area contributed by atoms with Crippen LogP contribution in [0.3, 0.4) is 0 Å². The average molecular weight is 306 g/mol. The Morgan fingerprint density at radius 3 is 1.77 bits per heavy atom. The van der Waals surface area contributed by atoms with Gasteiger partial charge in [-0.2, -0.15) is 0 Å². The minimum atomic E-state index is -0.678. The van der Waals surface area contributed by atoms with E-state index in [1.54, 1.807) is 0 Å². The Labute approximate surface area is 137 Å². The molecule has 0 bridgehead atoms. The molecule has 1 N–H and O–H groups in total. The maximum Gasteiger partial charge on any atom is 0.303 e. The van der Waals surface area contributed by atoms with Crippen molar-refractivity contribution in [3.05, 3.63) is 36.5 Å². The van der Waals surface area contributed by atoms with Gasteiger partial charge in [0.1, 0.15) is 0 Å². The molecule has 0 aliphatic rings. The zero-order chi connectivity index (χ0) is 16.3. The Kier molecular flexibility index (Phi) is 16.7. The lowest BCUT2D eigenvalue weighted by atomic mass is 10.1. The van der Waals surface area contributed by atoms with Gasteiger partial charge in [-0.1, -0.05) is 69.1 Å². The molecule has 0 aliphatic carbocycles. The van der Waals surface area contributed by atoms with Crippen LogP contribution in [0.25, 0.3) is 0 Å². The minimum Gasteiger partial charge on any atom is -0.481 e. The monoisotopic (exact) mass is 306 g/mol. The first-order valence-corrected chi connectivity index (χ1v) is 8.94. The van der Waals surface area contributed by atoms with Crippen LogP contribution in [-0.4, -0.2) is 11.1 Å². The fourth-order valence-corrected chi connectivity index (χ4v) is 2.18. The quantitative estimate of drug-likeness (QED) is 0.279. The predicted octanol–water partition coefficient (Wildman–Crippen LogP) is 6.44. The summed E-state index contributed by atoms with van der Waals surface area (Å²) in [6.45, 7) is 2.24. The summed E-state index contributed by atoms with van der Waals surface area (Å²) in [6, 6.07) is 0. The molecule has 126 valence electrons. The zero-order valence-electron chi connectivity index (χ0n) is 14.3. The van der Waals surface area contributed by atoms with Crippen molar-refractivity contribution in [2.24, 2.45) is 0 Å². The van der Waals surface area contributed by atoms with Gasteiger partial charge in [0.05, 0.1) is 0 Å². The summed E-state index contributed by atoms with van der Waals surface area (Å²) in [4.78, 5) is 10.3. The molecule has 0 aliphatic heterocycles. The van der Waals surface area contributed by atoms with Gasteiger partial charge in [-0.3, -0.25) is 4.79 Å². The van der Waals surface area contributed by atoms with Crippen molar-refractivity contribution in [1.29, 1.82) is 0 Å². The Hall–Kier alpha value is -1.31. The Bertz CT molecular complexity index is 327. The molecule has 0 heterocycles. The molecule has 0 atom stereocenters. The van der Waals surface area contributed by atoms with Gasteiger partial charge in [-0.25, -0.2) is 0 Å². The Morgan fingerprint density at radius 1 is 0.727 bits per heavy atom. The average Bonchev–Trinajstić information content (AvgIpc) is 2.50. The lowest BCUT2D eigenvalue weighted by molar-refractivity contribution is -0.137. The van der Waals surface area contributed by atoms with Crippen LogP contribution >= 0.6 is 0 Å². The van der Waals surface area contributed by atoms with Gasteiger partial charge < -0.3 is 5.11 Å². The molecule has 0 saturated heterocycles. The summed E-state index contributed by atoms with van der Waals surface area (Å²) in [5.74, 6) is -0.678. The highest BCUT2D eigenvalue weighted by atomic mass is 16.4. The van der Waals surface area contributed by atoms with E-state index in [4.69, 9.17) is 5.11 Å². The highest BCUT2D eigenvalue weighted by Gasteiger charge is 1.95. The van der Waals surface area contributed by atoms with E-state index in [0.29, 0.717) is 6.42 Å². The third-order valence-corrected chi connectivity index (χ3v) is 3.53. The van der Waals surface area contributed by atoms with Crippen LogP contribution in [0.1, 0.15) is 84.0 Å². The van der Waals surface area contributed by atoms with Crippen LogP contribution in [0.4, 0.5) is 0 Å². The van der Waals surface area contributed by atoms with E-state index in [1.807, 2.05) is 0 Å². The third kappa shape index (κ3) is 18.7. The summed E-state index contributed by atoms with van der Waals surface area (Å²) in [7, 11) is 0. The first kappa shape index (κ1) is 20.7. The number of hydrogen-bond donors (Lipinski definition) is 1. The number of hydrogen-bond acceptors (Lipinski definition) is 1. The van der Waals surface area contributed by atoms with Crippen LogP contribution in [0.2, 0.25) is 0 Å². The normalized spacial score (nSPS) is 12.0. The predicted molar refractivity (Wildman–Crippen MR) is 96.1 cm³/mol. The molecule has 0 aromatic carbocycles. The second-order valence-electron chi connectivity index (χ2n) is 5.73. The van der Waals surface area contributed by atoms with Crippen LogP contribution < -0.4 is 0 Å². The van der Waals surface area contributed by atoms with Gasteiger partial charge in [0.15, 0.2) is 0 Å². The van der Waals surface area contributed by atoms with Gasteiger partial charge in [0.2, 0.25) is 0 Å². The summed E-state index contributed by atoms with van der Waals surface area (Å²) in [6.07, 6.45) is 26.3. The highest BCUT2D eigenvalue weighted by Crippen LogP contribution is 2.06. The number of unbranched alkanes of at least 4 members (excludes halogenated alkanes) is 7. The molecule has 0 rings (SSSR count). The highest BCUT2D eigenvalue weighted by molar-refractivity contribution is 5.66. The van der Waals surface area contributed by atoms with Crippen LogP contribution in [0, 0.1) is 0 Å². The maximum absolute atomic E-state index is 10.3. The third-order valence-electron chi connectivity index (χ3n) is 3.53. The molecule has 2 nitrogen and oxygen atoms in total. The second kappa shape index (κ2) is 17.7. The molecule has 22 heavy (non-hydrogen) atoms. The maximum atomic E-state index is 10.3. The minimum absolute atomic E-state index is 0.313. The van der Waals surface area contributed by atoms with Gasteiger partial charge >= 0.3 is 5.97 Å². The largest absolute Gasteiger partial charge is 0.481 e. The zero-order valence-corrected chi connectivity index (χ0v) is 14.3. The number of carbonyl (C=O) groups is 1. The molecule has 0 fully saturated rings. The molecule has 2 heteroatoms. The molecular formula is C20H34O2. The van der Waals surface area contributed by atoms with Gasteiger partial charge in [-0.05, 0) is 44.9 Å². The van der Waals surface area contributed by atoms with Gasteiger partial charge in [0.25, 0.3) is 0 Å². The number of allylic oxidation sites excluding steroid dienone is 6. The van der Waals surface area contributed by atoms with Crippen molar-refractivity contribution in [3.63, 3.8) is 0 Å². The van der Waals surface area contributed by atoms with E-state index in [2.05, 4.69) is 43.4 Å². The summed E-state index contributed by atoms with van der Waals surface area (Å²) >= 11 is 0. The molecule has 0 amide bonds. The number of rotatable bonds is 15. The molecule has 0 aromatic heterocycles. The first-order chi connectivity index (χ1) is 10.8. The van der Waals surface area contributed by atoms with Crippen molar-refractivity contribution in [1.82, 2.24) is 0 Å². The fourth-order valence-electron chi connectivity index (χ4n) is 2.18. The number of aliphatic carboxylic acids is 1.